The second-order valence-corrected chi connectivity index (χ2v) is 7.00. The third kappa shape index (κ3) is 3.13. The summed E-state index contributed by atoms with van der Waals surface area (Å²) < 4.78 is 7.25. The molecule has 0 aliphatic heterocycles. The highest BCUT2D eigenvalue weighted by Gasteiger charge is 2.16. The molecular formula is C21H18N2O2S. The van der Waals surface area contributed by atoms with Crippen molar-refractivity contribution in [3.05, 3.63) is 71.2 Å². The van der Waals surface area contributed by atoms with Crippen molar-refractivity contribution in [3.8, 4) is 5.75 Å². The average molecular weight is 362 g/mol. The van der Waals surface area contributed by atoms with Gasteiger partial charge in [0, 0.05) is 11.9 Å². The summed E-state index contributed by atoms with van der Waals surface area (Å²) in [5.74, 6) is 0.478. The van der Waals surface area contributed by atoms with Crippen LogP contribution in [-0.4, -0.2) is 17.4 Å². The summed E-state index contributed by atoms with van der Waals surface area (Å²) in [6.45, 7) is 2.81. The largest absolute Gasteiger partial charge is 0.485 e. The molecule has 130 valence electrons. The second-order valence-electron chi connectivity index (χ2n) is 5.89. The zero-order valence-electron chi connectivity index (χ0n) is 14.4. The molecule has 1 heterocycles. The third-order valence-corrected chi connectivity index (χ3v) is 5.15. The molecule has 0 aliphatic carbocycles. The minimum absolute atomic E-state index is 0.127. The van der Waals surface area contributed by atoms with E-state index in [0.29, 0.717) is 24.5 Å². The zero-order valence-corrected chi connectivity index (χ0v) is 15.2. The molecule has 0 radical (unpaired) electrons. The molecule has 0 saturated carbocycles. The van der Waals surface area contributed by atoms with Gasteiger partial charge in [-0.3, -0.25) is 4.79 Å². The Morgan fingerprint density at radius 1 is 1.08 bits per heavy atom. The Bertz CT molecular complexity index is 1050. The quantitative estimate of drug-likeness (QED) is 0.556. The molecule has 1 N–H and O–H groups in total. The molecule has 0 bridgehead atoms. The van der Waals surface area contributed by atoms with Crippen LogP contribution in [0.3, 0.4) is 0 Å². The first-order valence-corrected chi connectivity index (χ1v) is 9.35. The van der Waals surface area contributed by atoms with Gasteiger partial charge in [-0.25, -0.2) is 4.98 Å². The minimum atomic E-state index is -0.127. The number of carbonyl (C=O) groups is 1. The Morgan fingerprint density at radius 2 is 1.88 bits per heavy atom. The van der Waals surface area contributed by atoms with E-state index in [1.54, 1.807) is 11.3 Å². The van der Waals surface area contributed by atoms with Gasteiger partial charge < -0.3 is 10.1 Å². The lowest BCUT2D eigenvalue weighted by atomic mass is 10.0. The topological polar surface area (TPSA) is 51.2 Å². The lowest BCUT2D eigenvalue weighted by Crippen LogP contribution is -2.23. The Balaban J connectivity index is 1.71. The molecule has 0 saturated heterocycles. The van der Waals surface area contributed by atoms with Crippen LogP contribution < -0.4 is 10.1 Å². The summed E-state index contributed by atoms with van der Waals surface area (Å²) in [5, 5.41) is 5.71. The molecular weight excluding hydrogens is 344 g/mol. The van der Waals surface area contributed by atoms with Gasteiger partial charge in [-0.1, -0.05) is 42.5 Å². The van der Waals surface area contributed by atoms with Gasteiger partial charge in [0.15, 0.2) is 0 Å². The van der Waals surface area contributed by atoms with Crippen LogP contribution in [0.25, 0.3) is 21.0 Å². The molecule has 5 heteroatoms. The first kappa shape index (κ1) is 16.5. The second kappa shape index (κ2) is 7.14. The van der Waals surface area contributed by atoms with E-state index in [1.807, 2.05) is 61.5 Å². The van der Waals surface area contributed by atoms with Crippen LogP contribution in [0.2, 0.25) is 0 Å². The van der Waals surface area contributed by atoms with E-state index >= 15 is 0 Å². The van der Waals surface area contributed by atoms with Gasteiger partial charge in [0.1, 0.15) is 17.4 Å². The predicted molar refractivity (Wildman–Crippen MR) is 106 cm³/mol. The SMILES string of the molecule is CCNC(=O)c1ccc2ccccc2c1OCc1nc2ccccc2s1. The standard InChI is InChI=1S/C21H18N2O2S/c1-2-22-21(24)16-12-11-14-7-3-4-8-15(14)20(16)25-13-19-23-17-9-5-6-10-18(17)26-19/h3-12H,2,13H2,1H3,(H,22,24). The molecule has 4 aromatic rings. The highest BCUT2D eigenvalue weighted by atomic mass is 32.1. The number of nitrogens with one attached hydrogen (secondary N) is 1. The third-order valence-electron chi connectivity index (χ3n) is 4.14. The molecule has 0 fully saturated rings. The van der Waals surface area contributed by atoms with Crippen molar-refractivity contribution in [2.24, 2.45) is 0 Å². The number of aromatic nitrogens is 1. The maximum absolute atomic E-state index is 12.5. The van der Waals surface area contributed by atoms with Gasteiger partial charge in [-0.2, -0.15) is 0 Å². The predicted octanol–water partition coefficient (Wildman–Crippen LogP) is 4.78. The van der Waals surface area contributed by atoms with E-state index in [0.717, 1.165) is 26.0 Å². The van der Waals surface area contributed by atoms with Crippen LogP contribution >= 0.6 is 11.3 Å². The summed E-state index contributed by atoms with van der Waals surface area (Å²) in [6, 6.07) is 19.7. The van der Waals surface area contributed by atoms with Gasteiger partial charge in [-0.05, 0) is 30.5 Å². The van der Waals surface area contributed by atoms with Crippen molar-refractivity contribution in [1.82, 2.24) is 10.3 Å². The Kier molecular flexibility index (Phi) is 4.54. The number of thiazole rings is 1. The molecule has 0 aliphatic rings. The molecule has 0 spiro atoms. The van der Waals surface area contributed by atoms with E-state index in [4.69, 9.17) is 4.74 Å². The molecule has 1 amide bonds. The summed E-state index contributed by atoms with van der Waals surface area (Å²) in [6.07, 6.45) is 0. The van der Waals surface area contributed by atoms with Crippen molar-refractivity contribution in [2.75, 3.05) is 6.54 Å². The van der Waals surface area contributed by atoms with Gasteiger partial charge in [0.25, 0.3) is 5.91 Å². The minimum Gasteiger partial charge on any atom is -0.485 e. The number of hydrogen-bond acceptors (Lipinski definition) is 4. The smallest absolute Gasteiger partial charge is 0.255 e. The molecule has 0 atom stereocenters. The van der Waals surface area contributed by atoms with Crippen LogP contribution in [0, 0.1) is 0 Å². The fourth-order valence-electron chi connectivity index (χ4n) is 2.95. The van der Waals surface area contributed by atoms with Gasteiger partial charge in [-0.15, -0.1) is 11.3 Å². The highest BCUT2D eigenvalue weighted by molar-refractivity contribution is 7.18. The fraction of sp³-hybridized carbons (Fsp3) is 0.143. The average Bonchev–Trinajstić information content (AvgIpc) is 3.09. The van der Waals surface area contributed by atoms with Crippen LogP contribution in [-0.2, 0) is 6.61 Å². The Hall–Kier alpha value is -2.92. The number of amides is 1. The van der Waals surface area contributed by atoms with Crippen molar-refractivity contribution in [3.63, 3.8) is 0 Å². The monoisotopic (exact) mass is 362 g/mol. The van der Waals surface area contributed by atoms with Crippen LogP contribution in [0.15, 0.2) is 60.7 Å². The number of benzene rings is 3. The zero-order chi connectivity index (χ0) is 17.9. The number of ether oxygens (including phenoxy) is 1. The summed E-state index contributed by atoms with van der Waals surface area (Å²) in [7, 11) is 0. The lowest BCUT2D eigenvalue weighted by molar-refractivity contribution is 0.0951. The van der Waals surface area contributed by atoms with E-state index in [-0.39, 0.29) is 5.91 Å². The number of para-hydroxylation sites is 1. The van der Waals surface area contributed by atoms with Crippen molar-refractivity contribution in [2.45, 2.75) is 13.5 Å². The maximum Gasteiger partial charge on any atom is 0.255 e. The number of nitrogens with zero attached hydrogens (tertiary/aromatic N) is 1. The van der Waals surface area contributed by atoms with Crippen molar-refractivity contribution < 1.29 is 9.53 Å². The molecule has 1 aromatic heterocycles. The van der Waals surface area contributed by atoms with Crippen molar-refractivity contribution >= 4 is 38.2 Å². The first-order valence-electron chi connectivity index (χ1n) is 8.53. The van der Waals surface area contributed by atoms with E-state index in [1.165, 1.54) is 0 Å². The molecule has 0 unspecified atom stereocenters. The maximum atomic E-state index is 12.5. The molecule has 26 heavy (non-hydrogen) atoms. The number of fused-ring (bicyclic) bond motifs is 2. The van der Waals surface area contributed by atoms with Crippen LogP contribution in [0.1, 0.15) is 22.3 Å². The van der Waals surface area contributed by atoms with Gasteiger partial charge >= 0.3 is 0 Å². The van der Waals surface area contributed by atoms with E-state index in [9.17, 15) is 4.79 Å². The van der Waals surface area contributed by atoms with Gasteiger partial charge in [0.05, 0.1) is 15.8 Å². The number of carbonyl (C=O) groups excluding carboxylic acids is 1. The summed E-state index contributed by atoms with van der Waals surface area (Å²) >= 11 is 1.61. The first-order chi connectivity index (χ1) is 12.8. The van der Waals surface area contributed by atoms with Crippen LogP contribution in [0.4, 0.5) is 0 Å². The number of rotatable bonds is 5. The molecule has 4 rings (SSSR count). The highest BCUT2D eigenvalue weighted by Crippen LogP contribution is 2.31. The molecule has 3 aromatic carbocycles. The summed E-state index contributed by atoms with van der Waals surface area (Å²) in [5.41, 5.74) is 1.52. The fourth-order valence-corrected chi connectivity index (χ4v) is 3.83. The molecule has 4 nitrogen and oxygen atoms in total. The van der Waals surface area contributed by atoms with E-state index in [2.05, 4.69) is 16.4 Å². The summed E-state index contributed by atoms with van der Waals surface area (Å²) in [4.78, 5) is 17.1. The van der Waals surface area contributed by atoms with E-state index < -0.39 is 0 Å². The van der Waals surface area contributed by atoms with Gasteiger partial charge in [0.2, 0.25) is 0 Å². The lowest BCUT2D eigenvalue weighted by Gasteiger charge is -2.13. The Labute approximate surface area is 155 Å². The Morgan fingerprint density at radius 3 is 2.73 bits per heavy atom. The normalized spacial score (nSPS) is 11.0. The van der Waals surface area contributed by atoms with Crippen LogP contribution in [0.5, 0.6) is 5.75 Å². The van der Waals surface area contributed by atoms with Crippen molar-refractivity contribution in [1.29, 1.82) is 0 Å². The number of hydrogen-bond donors (Lipinski definition) is 1.